The van der Waals surface area contributed by atoms with Crippen molar-refractivity contribution in [2.75, 3.05) is 26.2 Å². The summed E-state index contributed by atoms with van der Waals surface area (Å²) < 4.78 is 20.6. The fourth-order valence-corrected chi connectivity index (χ4v) is 6.03. The van der Waals surface area contributed by atoms with Crippen LogP contribution in [0, 0.1) is 11.8 Å². The van der Waals surface area contributed by atoms with Gasteiger partial charge in [0, 0.05) is 32.4 Å². The van der Waals surface area contributed by atoms with Gasteiger partial charge in [0.15, 0.2) is 0 Å². The fourth-order valence-electron chi connectivity index (χ4n) is 6.03. The smallest absolute Gasteiger partial charge is 0.243 e. The van der Waals surface area contributed by atoms with Crippen LogP contribution in [-0.4, -0.2) is 72.1 Å². The number of hydrogen-bond donors (Lipinski definition) is 1. The molecule has 0 aromatic heterocycles. The Morgan fingerprint density at radius 2 is 1.61 bits per heavy atom. The van der Waals surface area contributed by atoms with Gasteiger partial charge in [-0.25, -0.2) is 4.39 Å². The Bertz CT molecular complexity index is 1170. The van der Waals surface area contributed by atoms with E-state index in [0.29, 0.717) is 19.0 Å². The molecule has 3 aliphatic heterocycles. The molecule has 0 radical (unpaired) electrons. The Kier molecular flexibility index (Phi) is 7.52. The molecule has 38 heavy (non-hydrogen) atoms. The number of benzene rings is 2. The molecule has 202 valence electrons. The highest BCUT2D eigenvalue weighted by Crippen LogP contribution is 2.37. The van der Waals surface area contributed by atoms with Crippen molar-refractivity contribution in [3.63, 3.8) is 0 Å². The maximum Gasteiger partial charge on any atom is 0.243 e. The predicted octanol–water partition coefficient (Wildman–Crippen LogP) is 3.45. The largest absolute Gasteiger partial charge is 0.375 e. The quantitative estimate of drug-likeness (QED) is 0.632. The Balaban J connectivity index is 1.35. The lowest BCUT2D eigenvalue weighted by Gasteiger charge is -2.29. The van der Waals surface area contributed by atoms with Crippen molar-refractivity contribution in [3.8, 4) is 0 Å². The molecule has 5 rings (SSSR count). The molecule has 7 nitrogen and oxygen atoms in total. The molecule has 2 aromatic rings. The van der Waals surface area contributed by atoms with Crippen molar-refractivity contribution in [3.05, 3.63) is 71.3 Å². The van der Waals surface area contributed by atoms with Crippen LogP contribution < -0.4 is 5.32 Å². The molecular formula is C30H36FN3O4. The number of hydrogen-bond acceptors (Lipinski definition) is 4. The van der Waals surface area contributed by atoms with Crippen LogP contribution in [0.3, 0.4) is 0 Å². The van der Waals surface area contributed by atoms with Gasteiger partial charge in [-0.3, -0.25) is 14.4 Å². The lowest BCUT2D eigenvalue weighted by molar-refractivity contribution is -0.143. The van der Waals surface area contributed by atoms with Crippen LogP contribution in [0.5, 0.6) is 0 Å². The molecule has 8 heteroatoms. The highest BCUT2D eigenvalue weighted by atomic mass is 19.1. The summed E-state index contributed by atoms with van der Waals surface area (Å²) in [4.78, 5) is 42.3. The first-order valence-electron chi connectivity index (χ1n) is 13.5. The Morgan fingerprint density at radius 1 is 0.947 bits per heavy atom. The van der Waals surface area contributed by atoms with Gasteiger partial charge in [-0.1, -0.05) is 68.4 Å². The molecule has 2 aromatic carbocycles. The van der Waals surface area contributed by atoms with Crippen LogP contribution in [0.4, 0.5) is 4.39 Å². The summed E-state index contributed by atoms with van der Waals surface area (Å²) in [6, 6.07) is 16.5. The molecule has 0 aliphatic carbocycles. The van der Waals surface area contributed by atoms with Gasteiger partial charge < -0.3 is 19.9 Å². The van der Waals surface area contributed by atoms with E-state index >= 15 is 0 Å². The molecule has 3 amide bonds. The van der Waals surface area contributed by atoms with Crippen LogP contribution in [0.2, 0.25) is 0 Å². The number of carbonyl (C=O) groups excluding carboxylic acids is 3. The van der Waals surface area contributed by atoms with Gasteiger partial charge in [0.2, 0.25) is 17.7 Å². The SMILES string of the molecule is CC(=O)N1CC2OCC(C(=O)N3CC(F)CC3C(=O)NC(c3ccccc3)c3ccc(C(C)C)cc3)C2C1. The zero-order chi connectivity index (χ0) is 27.0. The summed E-state index contributed by atoms with van der Waals surface area (Å²) in [5, 5.41) is 3.12. The minimum absolute atomic E-state index is 0.0351. The molecule has 6 unspecified atom stereocenters. The second-order valence-corrected chi connectivity index (χ2v) is 11.1. The lowest BCUT2D eigenvalue weighted by Crippen LogP contribution is -2.50. The molecule has 3 heterocycles. The maximum atomic E-state index is 14.7. The molecule has 0 spiro atoms. The molecule has 3 fully saturated rings. The van der Waals surface area contributed by atoms with Crippen LogP contribution in [0.15, 0.2) is 54.6 Å². The summed E-state index contributed by atoms with van der Waals surface area (Å²) in [5.74, 6) is -0.920. The standard InChI is InChI=1S/C30H36FN3O4/c1-18(2)20-9-11-22(12-10-20)28(21-7-5-4-6-8-21)32-29(36)26-13-23(31)14-34(26)30(37)25-17-38-27-16-33(19(3)35)15-24(25)27/h4-12,18,23-28H,13-17H2,1-3H3,(H,32,36). The molecule has 0 saturated carbocycles. The molecule has 3 saturated heterocycles. The number of rotatable bonds is 6. The van der Waals surface area contributed by atoms with Crippen molar-refractivity contribution in [2.24, 2.45) is 11.8 Å². The Hall–Kier alpha value is -3.26. The zero-order valence-corrected chi connectivity index (χ0v) is 22.2. The minimum atomic E-state index is -1.27. The van der Waals surface area contributed by atoms with E-state index in [0.717, 1.165) is 11.1 Å². The number of fused-ring (bicyclic) bond motifs is 1. The van der Waals surface area contributed by atoms with Crippen LogP contribution in [0.25, 0.3) is 0 Å². The van der Waals surface area contributed by atoms with Crippen LogP contribution in [-0.2, 0) is 19.1 Å². The van der Waals surface area contributed by atoms with Crippen molar-refractivity contribution >= 4 is 17.7 Å². The van der Waals surface area contributed by atoms with E-state index in [4.69, 9.17) is 4.74 Å². The van der Waals surface area contributed by atoms with Gasteiger partial charge in [0.1, 0.15) is 12.2 Å². The second kappa shape index (κ2) is 10.8. The van der Waals surface area contributed by atoms with Gasteiger partial charge in [-0.05, 0) is 22.6 Å². The van der Waals surface area contributed by atoms with Gasteiger partial charge >= 0.3 is 0 Å². The predicted molar refractivity (Wildman–Crippen MR) is 141 cm³/mol. The number of ether oxygens (including phenoxy) is 1. The fraction of sp³-hybridized carbons (Fsp3) is 0.500. The van der Waals surface area contributed by atoms with E-state index in [9.17, 15) is 18.8 Å². The number of carbonyl (C=O) groups is 3. The summed E-state index contributed by atoms with van der Waals surface area (Å²) in [5.41, 5.74) is 3.03. The average molecular weight is 522 g/mol. The van der Waals surface area contributed by atoms with Gasteiger partial charge in [-0.2, -0.15) is 0 Å². The number of nitrogens with zero attached hydrogens (tertiary/aromatic N) is 2. The molecule has 3 aliphatic rings. The number of halogens is 1. The summed E-state index contributed by atoms with van der Waals surface area (Å²) in [6.45, 7) is 6.80. The second-order valence-electron chi connectivity index (χ2n) is 11.1. The van der Waals surface area contributed by atoms with Gasteiger partial charge in [-0.15, -0.1) is 0 Å². The summed E-state index contributed by atoms with van der Waals surface area (Å²) >= 11 is 0. The number of nitrogens with one attached hydrogen (secondary N) is 1. The summed E-state index contributed by atoms with van der Waals surface area (Å²) in [7, 11) is 0. The molecule has 6 atom stereocenters. The van der Waals surface area contributed by atoms with Crippen LogP contribution >= 0.6 is 0 Å². The highest BCUT2D eigenvalue weighted by Gasteiger charge is 2.51. The van der Waals surface area contributed by atoms with E-state index in [-0.39, 0.29) is 49.3 Å². The number of amides is 3. The highest BCUT2D eigenvalue weighted by molar-refractivity contribution is 5.90. The van der Waals surface area contributed by atoms with E-state index in [1.165, 1.54) is 17.4 Å². The third kappa shape index (κ3) is 5.19. The minimum Gasteiger partial charge on any atom is -0.375 e. The van der Waals surface area contributed by atoms with Crippen molar-refractivity contribution in [1.82, 2.24) is 15.1 Å². The van der Waals surface area contributed by atoms with Crippen LogP contribution in [0.1, 0.15) is 55.8 Å². The van der Waals surface area contributed by atoms with Crippen molar-refractivity contribution < 1.29 is 23.5 Å². The first-order valence-corrected chi connectivity index (χ1v) is 13.5. The van der Waals surface area contributed by atoms with Crippen molar-refractivity contribution in [1.29, 1.82) is 0 Å². The van der Waals surface area contributed by atoms with E-state index in [1.807, 2.05) is 42.5 Å². The number of likely N-dealkylation sites (tertiary alicyclic amines) is 2. The molecule has 1 N–H and O–H groups in total. The monoisotopic (exact) mass is 521 g/mol. The van der Waals surface area contributed by atoms with E-state index < -0.39 is 24.2 Å². The Labute approximate surface area is 223 Å². The molecular weight excluding hydrogens is 485 g/mol. The normalized spacial score (nSPS) is 27.4. The Morgan fingerprint density at radius 3 is 2.26 bits per heavy atom. The van der Waals surface area contributed by atoms with E-state index in [2.05, 4.69) is 31.3 Å². The van der Waals surface area contributed by atoms with Gasteiger partial charge in [0.05, 0.1) is 31.2 Å². The summed E-state index contributed by atoms with van der Waals surface area (Å²) in [6.07, 6.45) is -1.50. The third-order valence-electron chi connectivity index (χ3n) is 8.27. The van der Waals surface area contributed by atoms with Gasteiger partial charge in [0.25, 0.3) is 0 Å². The average Bonchev–Trinajstić information content (AvgIpc) is 3.61. The zero-order valence-electron chi connectivity index (χ0n) is 22.2. The van der Waals surface area contributed by atoms with Crippen molar-refractivity contribution in [2.45, 2.75) is 57.5 Å². The third-order valence-corrected chi connectivity index (χ3v) is 8.27. The first-order chi connectivity index (χ1) is 18.2. The lowest BCUT2D eigenvalue weighted by atomic mass is 9.91. The molecule has 0 bridgehead atoms. The van der Waals surface area contributed by atoms with E-state index in [1.54, 1.807) is 4.90 Å². The number of alkyl halides is 1. The topological polar surface area (TPSA) is 79.0 Å². The first kappa shape index (κ1) is 26.4. The maximum absolute atomic E-state index is 14.7.